The second kappa shape index (κ2) is 9.54. The molecule has 0 radical (unpaired) electrons. The van der Waals surface area contributed by atoms with Gasteiger partial charge in [0.05, 0.1) is 18.8 Å². The fourth-order valence-electron chi connectivity index (χ4n) is 4.09. The molecule has 0 fully saturated rings. The van der Waals surface area contributed by atoms with Crippen molar-refractivity contribution in [3.63, 3.8) is 0 Å². The topological polar surface area (TPSA) is 81.9 Å². The van der Waals surface area contributed by atoms with Gasteiger partial charge in [-0.25, -0.2) is 24.0 Å². The van der Waals surface area contributed by atoms with E-state index in [9.17, 15) is 4.39 Å². The van der Waals surface area contributed by atoms with Crippen molar-refractivity contribution in [3.8, 4) is 23.0 Å². The van der Waals surface area contributed by atoms with Crippen molar-refractivity contribution in [2.45, 2.75) is 39.2 Å². The first kappa shape index (κ1) is 21.9. The Morgan fingerprint density at radius 1 is 1.12 bits per heavy atom. The molecule has 3 heterocycles. The molecule has 0 bridgehead atoms. The SMILES string of the molecule is CCCOc1ccnc(-c2nc3c(c(N(C)Cc4ncn(-c5cccc(F)c5)n4)n2)CCC3)c1. The van der Waals surface area contributed by atoms with Gasteiger partial charge in [-0.1, -0.05) is 13.0 Å². The van der Waals surface area contributed by atoms with Crippen LogP contribution in [-0.4, -0.2) is 43.4 Å². The van der Waals surface area contributed by atoms with E-state index < -0.39 is 0 Å². The van der Waals surface area contributed by atoms with Crippen LogP contribution < -0.4 is 9.64 Å². The van der Waals surface area contributed by atoms with E-state index in [1.807, 2.05) is 24.1 Å². The maximum absolute atomic E-state index is 13.6. The van der Waals surface area contributed by atoms with Crippen molar-refractivity contribution in [1.82, 2.24) is 29.7 Å². The molecular formula is C25H26FN7O. The van der Waals surface area contributed by atoms with Crippen LogP contribution in [0, 0.1) is 5.82 Å². The minimum absolute atomic E-state index is 0.312. The van der Waals surface area contributed by atoms with Gasteiger partial charge in [0, 0.05) is 30.6 Å². The molecule has 4 aromatic rings. The number of anilines is 1. The predicted octanol–water partition coefficient (Wildman–Crippen LogP) is 4.17. The molecule has 0 saturated carbocycles. The number of hydrogen-bond acceptors (Lipinski definition) is 7. The molecule has 5 rings (SSSR count). The van der Waals surface area contributed by atoms with Crippen molar-refractivity contribution >= 4 is 5.82 Å². The Hall–Kier alpha value is -3.88. The Kier molecular flexibility index (Phi) is 6.16. The Balaban J connectivity index is 1.42. The zero-order chi connectivity index (χ0) is 23.5. The Labute approximate surface area is 197 Å². The first-order chi connectivity index (χ1) is 16.6. The van der Waals surface area contributed by atoms with E-state index in [1.54, 1.807) is 29.3 Å². The lowest BCUT2D eigenvalue weighted by Gasteiger charge is -2.20. The lowest BCUT2D eigenvalue weighted by molar-refractivity contribution is 0.317. The van der Waals surface area contributed by atoms with E-state index in [0.717, 1.165) is 48.5 Å². The number of aryl methyl sites for hydroxylation is 1. The van der Waals surface area contributed by atoms with E-state index in [4.69, 9.17) is 14.7 Å². The summed E-state index contributed by atoms with van der Waals surface area (Å²) in [5.74, 6) is 2.52. The molecule has 0 unspecified atom stereocenters. The van der Waals surface area contributed by atoms with Gasteiger partial charge in [0.15, 0.2) is 11.6 Å². The third kappa shape index (κ3) is 4.59. The van der Waals surface area contributed by atoms with Crippen LogP contribution in [0.15, 0.2) is 48.9 Å². The lowest BCUT2D eigenvalue weighted by atomic mass is 10.2. The van der Waals surface area contributed by atoms with Crippen LogP contribution in [0.25, 0.3) is 17.2 Å². The summed E-state index contributed by atoms with van der Waals surface area (Å²) in [5, 5.41) is 4.53. The van der Waals surface area contributed by atoms with Gasteiger partial charge in [0.2, 0.25) is 0 Å². The first-order valence-corrected chi connectivity index (χ1v) is 11.5. The van der Waals surface area contributed by atoms with Crippen LogP contribution in [0.4, 0.5) is 10.2 Å². The number of hydrogen-bond donors (Lipinski definition) is 0. The molecule has 174 valence electrons. The number of ether oxygens (including phenoxy) is 1. The highest BCUT2D eigenvalue weighted by molar-refractivity contribution is 5.59. The van der Waals surface area contributed by atoms with Crippen molar-refractivity contribution in [2.24, 2.45) is 0 Å². The molecule has 0 atom stereocenters. The second-order valence-corrected chi connectivity index (χ2v) is 8.32. The van der Waals surface area contributed by atoms with Crippen molar-refractivity contribution in [1.29, 1.82) is 0 Å². The summed E-state index contributed by atoms with van der Waals surface area (Å²) >= 11 is 0. The van der Waals surface area contributed by atoms with Gasteiger partial charge in [-0.3, -0.25) is 4.98 Å². The maximum atomic E-state index is 13.6. The molecule has 9 heteroatoms. The third-order valence-corrected chi connectivity index (χ3v) is 5.70. The normalized spacial score (nSPS) is 12.6. The molecule has 34 heavy (non-hydrogen) atoms. The summed E-state index contributed by atoms with van der Waals surface area (Å²) in [6, 6.07) is 10.0. The fraction of sp³-hybridized carbons (Fsp3) is 0.320. The number of aromatic nitrogens is 6. The third-order valence-electron chi connectivity index (χ3n) is 5.70. The highest BCUT2D eigenvalue weighted by Crippen LogP contribution is 2.31. The average molecular weight is 460 g/mol. The van der Waals surface area contributed by atoms with Crippen LogP contribution >= 0.6 is 0 Å². The molecule has 0 spiro atoms. The van der Waals surface area contributed by atoms with Crippen molar-refractivity contribution < 1.29 is 9.13 Å². The molecule has 1 aliphatic rings. The van der Waals surface area contributed by atoms with Gasteiger partial charge in [-0.15, -0.1) is 5.10 Å². The van der Waals surface area contributed by atoms with E-state index in [-0.39, 0.29) is 5.82 Å². The largest absolute Gasteiger partial charge is 0.493 e. The smallest absolute Gasteiger partial charge is 0.180 e. The van der Waals surface area contributed by atoms with Crippen LogP contribution in [0.1, 0.15) is 36.8 Å². The molecule has 1 aliphatic carbocycles. The number of fused-ring (bicyclic) bond motifs is 1. The summed E-state index contributed by atoms with van der Waals surface area (Å²) in [6.45, 7) is 3.18. The minimum Gasteiger partial charge on any atom is -0.493 e. The van der Waals surface area contributed by atoms with Crippen LogP contribution in [0.2, 0.25) is 0 Å². The highest BCUT2D eigenvalue weighted by Gasteiger charge is 2.23. The number of pyridine rings is 1. The molecule has 1 aromatic carbocycles. The minimum atomic E-state index is -0.312. The molecule has 0 N–H and O–H groups in total. The molecule has 0 saturated heterocycles. The van der Waals surface area contributed by atoms with E-state index >= 15 is 0 Å². The summed E-state index contributed by atoms with van der Waals surface area (Å²) in [7, 11) is 1.97. The number of benzene rings is 1. The van der Waals surface area contributed by atoms with Crippen LogP contribution in [0.5, 0.6) is 5.75 Å². The van der Waals surface area contributed by atoms with Gasteiger partial charge >= 0.3 is 0 Å². The Morgan fingerprint density at radius 2 is 2.03 bits per heavy atom. The standard InChI is InChI=1S/C25H26FN7O/c1-3-12-34-19-10-11-27-22(14-19)24-29-21-9-5-8-20(21)25(30-24)32(2)15-23-28-16-33(31-23)18-7-4-6-17(26)13-18/h4,6-7,10-11,13-14,16H,3,5,8-9,12,15H2,1-2H3. The molecular weight excluding hydrogens is 433 g/mol. The number of nitrogens with zero attached hydrogens (tertiary/aromatic N) is 7. The zero-order valence-electron chi connectivity index (χ0n) is 19.3. The van der Waals surface area contributed by atoms with E-state index in [0.29, 0.717) is 36.2 Å². The second-order valence-electron chi connectivity index (χ2n) is 8.32. The summed E-state index contributed by atoms with van der Waals surface area (Å²) < 4.78 is 20.9. The van der Waals surface area contributed by atoms with E-state index in [2.05, 4.69) is 22.0 Å². The Bertz CT molecular complexity index is 1310. The van der Waals surface area contributed by atoms with Gasteiger partial charge < -0.3 is 9.64 Å². The van der Waals surface area contributed by atoms with E-state index in [1.165, 1.54) is 12.1 Å². The highest BCUT2D eigenvalue weighted by atomic mass is 19.1. The van der Waals surface area contributed by atoms with Crippen LogP contribution in [0.3, 0.4) is 0 Å². The number of rotatable bonds is 8. The fourth-order valence-corrected chi connectivity index (χ4v) is 4.09. The quantitative estimate of drug-likeness (QED) is 0.391. The number of halogens is 1. The van der Waals surface area contributed by atoms with Gasteiger partial charge in [-0.2, -0.15) is 0 Å². The summed E-state index contributed by atoms with van der Waals surface area (Å²) in [6.07, 6.45) is 7.17. The van der Waals surface area contributed by atoms with Gasteiger partial charge in [0.25, 0.3) is 0 Å². The maximum Gasteiger partial charge on any atom is 0.180 e. The summed E-state index contributed by atoms with van der Waals surface area (Å²) in [4.78, 5) is 20.7. The van der Waals surface area contributed by atoms with Crippen molar-refractivity contribution in [2.75, 3.05) is 18.6 Å². The molecule has 3 aromatic heterocycles. The molecule has 8 nitrogen and oxygen atoms in total. The monoisotopic (exact) mass is 459 g/mol. The zero-order valence-corrected chi connectivity index (χ0v) is 19.3. The van der Waals surface area contributed by atoms with Crippen molar-refractivity contribution in [3.05, 3.63) is 71.8 Å². The molecule has 0 aliphatic heterocycles. The van der Waals surface area contributed by atoms with Gasteiger partial charge in [-0.05, 0) is 49.9 Å². The lowest BCUT2D eigenvalue weighted by Crippen LogP contribution is -2.21. The molecule has 0 amide bonds. The van der Waals surface area contributed by atoms with Crippen LogP contribution in [-0.2, 0) is 19.4 Å². The van der Waals surface area contributed by atoms with Gasteiger partial charge in [0.1, 0.15) is 29.4 Å². The Morgan fingerprint density at radius 3 is 2.88 bits per heavy atom. The first-order valence-electron chi connectivity index (χ1n) is 11.5. The average Bonchev–Trinajstić information content (AvgIpc) is 3.52. The summed E-state index contributed by atoms with van der Waals surface area (Å²) in [5.41, 5.74) is 3.54. The predicted molar refractivity (Wildman–Crippen MR) is 126 cm³/mol.